The number of hydrogen-bond acceptors (Lipinski definition) is 4. The van der Waals surface area contributed by atoms with Crippen LogP contribution in [0.1, 0.15) is 21.5 Å². The van der Waals surface area contributed by atoms with Crippen LogP contribution >= 0.6 is 23.2 Å². The third-order valence-electron chi connectivity index (χ3n) is 4.45. The molecule has 0 aliphatic heterocycles. The Hall–Kier alpha value is -2.56. The maximum atomic E-state index is 13.1. The summed E-state index contributed by atoms with van der Waals surface area (Å²) >= 11 is 11.8. The van der Waals surface area contributed by atoms with Crippen molar-refractivity contribution in [2.75, 3.05) is 13.7 Å². The van der Waals surface area contributed by atoms with Crippen LogP contribution in [0.5, 0.6) is 5.75 Å². The number of nitrogens with one attached hydrogen (secondary N) is 1. The molecular weight excluding hydrogens is 493 g/mol. The van der Waals surface area contributed by atoms with Crippen molar-refractivity contribution in [2.24, 2.45) is 0 Å². The van der Waals surface area contributed by atoms with Gasteiger partial charge in [-0.15, -0.1) is 0 Å². The number of carboxylic acid groups (broad SMARTS) is 1. The lowest BCUT2D eigenvalue weighted by molar-refractivity contribution is -0.185. The Balaban J connectivity index is 2.13. The van der Waals surface area contributed by atoms with Gasteiger partial charge in [0.1, 0.15) is 12.4 Å². The second kappa shape index (κ2) is 11.5. The average molecular weight is 512 g/mol. The van der Waals surface area contributed by atoms with Crippen LogP contribution in [0.4, 0.5) is 17.6 Å². The lowest BCUT2D eigenvalue weighted by Crippen LogP contribution is -2.37. The van der Waals surface area contributed by atoms with Crippen molar-refractivity contribution in [3.8, 4) is 5.75 Å². The first-order valence-corrected chi connectivity index (χ1v) is 10.1. The third kappa shape index (κ3) is 7.48. The summed E-state index contributed by atoms with van der Waals surface area (Å²) in [6.45, 7) is -1.79. The van der Waals surface area contributed by atoms with Crippen molar-refractivity contribution in [1.29, 1.82) is 0 Å². The second-order valence-electron chi connectivity index (χ2n) is 6.86. The predicted molar refractivity (Wildman–Crippen MR) is 113 cm³/mol. The number of rotatable bonds is 11. The Kier molecular flexibility index (Phi) is 9.33. The number of hydrogen-bond donors (Lipinski definition) is 2. The van der Waals surface area contributed by atoms with E-state index in [9.17, 15) is 32.3 Å². The van der Waals surface area contributed by atoms with Gasteiger partial charge in [0.05, 0.1) is 17.7 Å². The summed E-state index contributed by atoms with van der Waals surface area (Å²) in [5.41, 5.74) is 0.948. The van der Waals surface area contributed by atoms with Gasteiger partial charge in [0.15, 0.2) is 6.10 Å². The van der Waals surface area contributed by atoms with Gasteiger partial charge < -0.3 is 19.9 Å². The Morgan fingerprint density at radius 3 is 2.42 bits per heavy atom. The van der Waals surface area contributed by atoms with E-state index < -0.39 is 36.9 Å². The minimum absolute atomic E-state index is 0.0448. The molecule has 0 aliphatic carbocycles. The Labute approximate surface area is 196 Å². The summed E-state index contributed by atoms with van der Waals surface area (Å²) in [5, 5.41) is 12.4. The van der Waals surface area contributed by atoms with Gasteiger partial charge in [-0.3, -0.25) is 4.79 Å². The molecule has 0 spiro atoms. The van der Waals surface area contributed by atoms with Crippen LogP contribution in [0.25, 0.3) is 0 Å². The predicted octanol–water partition coefficient (Wildman–Crippen LogP) is 4.84. The van der Waals surface area contributed by atoms with E-state index in [0.717, 1.165) is 0 Å². The molecule has 0 aliphatic rings. The minimum atomic E-state index is -4.48. The van der Waals surface area contributed by atoms with Crippen LogP contribution in [0.15, 0.2) is 36.4 Å². The molecule has 0 saturated carbocycles. The summed E-state index contributed by atoms with van der Waals surface area (Å²) < 4.78 is 60.6. The van der Waals surface area contributed by atoms with Crippen molar-refractivity contribution in [3.63, 3.8) is 0 Å². The lowest BCUT2D eigenvalue weighted by Gasteiger charge is -2.20. The van der Waals surface area contributed by atoms with E-state index in [2.05, 4.69) is 10.1 Å². The van der Waals surface area contributed by atoms with Crippen molar-refractivity contribution in [3.05, 3.63) is 63.1 Å². The van der Waals surface area contributed by atoms with Crippen LogP contribution in [-0.2, 0) is 22.5 Å². The molecule has 0 heterocycles. The molecule has 2 aromatic rings. The summed E-state index contributed by atoms with van der Waals surface area (Å²) in [7, 11) is 1.38. The smallest absolute Gasteiger partial charge is 0.333 e. The van der Waals surface area contributed by atoms with Crippen LogP contribution in [-0.4, -0.2) is 49.2 Å². The van der Waals surface area contributed by atoms with E-state index in [0.29, 0.717) is 21.9 Å². The Morgan fingerprint density at radius 1 is 1.15 bits per heavy atom. The van der Waals surface area contributed by atoms with Gasteiger partial charge in [-0.25, -0.2) is 13.6 Å². The number of aliphatic carboxylic acids is 1. The standard InChI is InChI=1S/C21H19Cl2F4NO5/c1-32-16-5-2-11(7-17(19(30)31)33-10-21(26,27)20(24)25)6-12(16)9-28-18(29)14-4-3-13(22)8-15(14)23/h2-6,8,17,20H,7,9-10H2,1H3,(H,28,29)(H,30,31). The Morgan fingerprint density at radius 2 is 1.85 bits per heavy atom. The molecule has 0 aromatic heterocycles. The quantitative estimate of drug-likeness (QED) is 0.421. The van der Waals surface area contributed by atoms with Gasteiger partial charge in [-0.1, -0.05) is 35.3 Å². The number of methoxy groups -OCH3 is 1. The van der Waals surface area contributed by atoms with E-state index >= 15 is 0 Å². The normalized spacial score (nSPS) is 12.5. The highest BCUT2D eigenvalue weighted by Crippen LogP contribution is 2.26. The summed E-state index contributed by atoms with van der Waals surface area (Å²) in [6.07, 6.45) is -6.17. The molecule has 2 N–H and O–H groups in total. The van der Waals surface area contributed by atoms with E-state index in [1.54, 1.807) is 0 Å². The second-order valence-corrected chi connectivity index (χ2v) is 7.70. The molecule has 1 atom stereocenters. The van der Waals surface area contributed by atoms with Crippen LogP contribution < -0.4 is 10.1 Å². The third-order valence-corrected chi connectivity index (χ3v) is 5.00. The first-order valence-electron chi connectivity index (χ1n) is 9.34. The van der Waals surface area contributed by atoms with Crippen molar-refractivity contribution in [2.45, 2.75) is 31.4 Å². The molecule has 0 saturated heterocycles. The zero-order chi connectivity index (χ0) is 24.8. The fraction of sp³-hybridized carbons (Fsp3) is 0.333. The summed E-state index contributed by atoms with van der Waals surface area (Å²) in [5.74, 6) is -6.22. The number of halogens is 6. The molecule has 33 heavy (non-hydrogen) atoms. The number of alkyl halides is 4. The first kappa shape index (κ1) is 26.7. The molecule has 2 aromatic carbocycles. The highest BCUT2D eigenvalue weighted by molar-refractivity contribution is 6.36. The maximum Gasteiger partial charge on any atom is 0.333 e. The molecule has 180 valence electrons. The Bertz CT molecular complexity index is 1010. The van der Waals surface area contributed by atoms with Crippen LogP contribution in [0, 0.1) is 0 Å². The molecule has 0 fully saturated rings. The summed E-state index contributed by atoms with van der Waals surface area (Å²) in [4.78, 5) is 23.8. The largest absolute Gasteiger partial charge is 0.496 e. The van der Waals surface area contributed by atoms with Gasteiger partial charge in [0, 0.05) is 23.6 Å². The fourth-order valence-corrected chi connectivity index (χ4v) is 3.24. The van der Waals surface area contributed by atoms with Crippen molar-refractivity contribution in [1.82, 2.24) is 5.32 Å². The topological polar surface area (TPSA) is 84.9 Å². The number of carbonyl (C=O) groups excluding carboxylic acids is 1. The van der Waals surface area contributed by atoms with E-state index in [1.165, 1.54) is 43.5 Å². The van der Waals surface area contributed by atoms with E-state index in [4.69, 9.17) is 27.9 Å². The summed E-state index contributed by atoms with van der Waals surface area (Å²) in [6, 6.07) is 8.77. The fourth-order valence-electron chi connectivity index (χ4n) is 2.75. The van der Waals surface area contributed by atoms with Crippen LogP contribution in [0.3, 0.4) is 0 Å². The molecule has 2 rings (SSSR count). The van der Waals surface area contributed by atoms with Gasteiger partial charge in [0.2, 0.25) is 0 Å². The monoisotopic (exact) mass is 511 g/mol. The van der Waals surface area contributed by atoms with Crippen molar-refractivity contribution >= 4 is 35.1 Å². The molecule has 12 heteroatoms. The highest BCUT2D eigenvalue weighted by atomic mass is 35.5. The number of benzene rings is 2. The minimum Gasteiger partial charge on any atom is -0.496 e. The van der Waals surface area contributed by atoms with Crippen molar-refractivity contribution < 1.29 is 41.7 Å². The first-order chi connectivity index (χ1) is 15.4. The van der Waals surface area contributed by atoms with Gasteiger partial charge in [-0.2, -0.15) is 8.78 Å². The van der Waals surface area contributed by atoms with Crippen LogP contribution in [0.2, 0.25) is 10.0 Å². The number of carbonyl (C=O) groups is 2. The highest BCUT2D eigenvalue weighted by Gasteiger charge is 2.42. The van der Waals surface area contributed by atoms with Gasteiger partial charge >= 0.3 is 18.3 Å². The number of ether oxygens (including phenoxy) is 2. The lowest BCUT2D eigenvalue weighted by atomic mass is 10.0. The molecule has 0 radical (unpaired) electrons. The molecular formula is C21H19Cl2F4NO5. The number of carboxylic acids is 1. The average Bonchev–Trinajstić information content (AvgIpc) is 2.74. The van der Waals surface area contributed by atoms with Gasteiger partial charge in [-0.05, 0) is 29.8 Å². The van der Waals surface area contributed by atoms with E-state index in [1.807, 2.05) is 0 Å². The molecule has 0 bridgehead atoms. The van der Waals surface area contributed by atoms with E-state index in [-0.39, 0.29) is 23.6 Å². The van der Waals surface area contributed by atoms with Gasteiger partial charge in [0.25, 0.3) is 5.91 Å². The molecule has 1 unspecified atom stereocenters. The zero-order valence-electron chi connectivity index (χ0n) is 17.1. The number of amides is 1. The molecule has 6 nitrogen and oxygen atoms in total. The molecule has 1 amide bonds. The maximum absolute atomic E-state index is 13.1. The SMILES string of the molecule is COc1ccc(CC(OCC(F)(F)C(F)F)C(=O)O)cc1CNC(=O)c1ccc(Cl)cc1Cl. The zero-order valence-corrected chi connectivity index (χ0v) is 18.6.